The number of pyridine rings is 1. The van der Waals surface area contributed by atoms with E-state index in [1.165, 1.54) is 31.4 Å². The van der Waals surface area contributed by atoms with Crippen molar-refractivity contribution in [3.8, 4) is 5.75 Å². The van der Waals surface area contributed by atoms with Crippen molar-refractivity contribution in [2.24, 2.45) is 0 Å². The molecule has 198 valence electrons. The van der Waals surface area contributed by atoms with Gasteiger partial charge in [-0.25, -0.2) is 22.9 Å². The van der Waals surface area contributed by atoms with Gasteiger partial charge < -0.3 is 20.1 Å². The number of methoxy groups -OCH3 is 1. The first-order valence-corrected chi connectivity index (χ1v) is 11.1. The number of ether oxygens (including phenoxy) is 1. The Labute approximate surface area is 213 Å². The molecule has 0 bridgehead atoms. The molecule has 3 amide bonds. The lowest BCUT2D eigenvalue weighted by Gasteiger charge is -2.38. The van der Waals surface area contributed by atoms with Crippen LogP contribution in [0.5, 0.6) is 5.75 Å². The van der Waals surface area contributed by atoms with Gasteiger partial charge in [0.25, 0.3) is 17.7 Å². The fourth-order valence-electron chi connectivity index (χ4n) is 3.85. The van der Waals surface area contributed by atoms with Gasteiger partial charge in [-0.15, -0.1) is 0 Å². The van der Waals surface area contributed by atoms with Crippen molar-refractivity contribution in [1.82, 2.24) is 14.9 Å². The first kappa shape index (κ1) is 26.4. The number of halogens is 3. The molecular formula is C25H21F3N4O6. The van der Waals surface area contributed by atoms with Gasteiger partial charge >= 0.3 is 0 Å². The van der Waals surface area contributed by atoms with Crippen LogP contribution in [-0.4, -0.2) is 52.8 Å². The third-order valence-electron chi connectivity index (χ3n) is 5.76. The highest BCUT2D eigenvalue weighted by atomic mass is 19.1. The zero-order valence-corrected chi connectivity index (χ0v) is 19.9. The van der Waals surface area contributed by atoms with Gasteiger partial charge in [-0.1, -0.05) is 18.2 Å². The predicted octanol–water partition coefficient (Wildman–Crippen LogP) is 1.63. The van der Waals surface area contributed by atoms with E-state index in [1.807, 2.05) is 0 Å². The number of aromatic hydroxyl groups is 1. The predicted molar refractivity (Wildman–Crippen MR) is 126 cm³/mol. The van der Waals surface area contributed by atoms with Crippen LogP contribution in [0.4, 0.5) is 13.2 Å². The van der Waals surface area contributed by atoms with Gasteiger partial charge in [0.2, 0.25) is 5.43 Å². The Hall–Kier alpha value is -4.65. The largest absolute Gasteiger partial charge is 0.502 e. The average Bonchev–Trinajstić information content (AvgIpc) is 2.88. The molecule has 3 aromatic rings. The number of carbonyl (C=O) groups is 3. The van der Waals surface area contributed by atoms with Crippen molar-refractivity contribution in [2.75, 3.05) is 25.4 Å². The lowest BCUT2D eigenvalue weighted by molar-refractivity contribution is -0.124. The van der Waals surface area contributed by atoms with E-state index in [0.29, 0.717) is 11.6 Å². The van der Waals surface area contributed by atoms with Crippen LogP contribution in [0.15, 0.2) is 53.5 Å². The summed E-state index contributed by atoms with van der Waals surface area (Å²) in [7, 11) is 1.26. The van der Waals surface area contributed by atoms with E-state index >= 15 is 0 Å². The number of rotatable bonds is 7. The summed E-state index contributed by atoms with van der Waals surface area (Å²) in [6, 6.07) is 7.98. The Bertz CT molecular complexity index is 1480. The number of nitrogens with zero attached hydrogens (tertiary/aromatic N) is 3. The van der Waals surface area contributed by atoms with Gasteiger partial charge in [0, 0.05) is 38.0 Å². The second kappa shape index (κ2) is 10.8. The highest BCUT2D eigenvalue weighted by Crippen LogP contribution is 2.23. The molecular weight excluding hydrogens is 509 g/mol. The first-order chi connectivity index (χ1) is 18.1. The minimum atomic E-state index is -1.20. The molecule has 1 aliphatic heterocycles. The monoisotopic (exact) mass is 530 g/mol. The molecule has 0 fully saturated rings. The van der Waals surface area contributed by atoms with Crippen molar-refractivity contribution in [3.05, 3.63) is 98.7 Å². The number of aromatic nitrogens is 1. The van der Waals surface area contributed by atoms with Gasteiger partial charge in [0.15, 0.2) is 11.4 Å². The van der Waals surface area contributed by atoms with E-state index in [0.717, 1.165) is 32.9 Å². The molecule has 2 N–H and O–H groups in total. The fourth-order valence-corrected chi connectivity index (χ4v) is 3.85. The zero-order valence-electron chi connectivity index (χ0n) is 19.9. The Balaban J connectivity index is 1.69. The number of fused-ring (bicyclic) bond motifs is 1. The van der Waals surface area contributed by atoms with Crippen LogP contribution in [0.3, 0.4) is 0 Å². The van der Waals surface area contributed by atoms with E-state index in [9.17, 15) is 37.5 Å². The van der Waals surface area contributed by atoms with E-state index in [1.54, 1.807) is 0 Å². The van der Waals surface area contributed by atoms with Crippen LogP contribution < -0.4 is 15.8 Å². The van der Waals surface area contributed by atoms with Crippen molar-refractivity contribution in [3.63, 3.8) is 0 Å². The highest BCUT2D eigenvalue weighted by Gasteiger charge is 2.36. The minimum Gasteiger partial charge on any atom is -0.502 e. The molecule has 0 saturated heterocycles. The molecule has 0 saturated carbocycles. The molecule has 1 aliphatic rings. The maximum atomic E-state index is 13.9. The van der Waals surface area contributed by atoms with E-state index < -0.39 is 70.8 Å². The molecule has 1 aromatic heterocycles. The van der Waals surface area contributed by atoms with Gasteiger partial charge in [0.05, 0.1) is 0 Å². The lowest BCUT2D eigenvalue weighted by atomic mass is 10.1. The zero-order chi connectivity index (χ0) is 27.6. The van der Waals surface area contributed by atoms with Crippen LogP contribution in [0, 0.1) is 17.5 Å². The topological polar surface area (TPSA) is 121 Å². The van der Waals surface area contributed by atoms with Crippen LogP contribution >= 0.6 is 0 Å². The van der Waals surface area contributed by atoms with E-state index in [2.05, 4.69) is 5.32 Å². The SMILES string of the molecule is COCC(=O)N1CN(Cc2ccc(F)cc2)C(=O)c2c(O)c(=O)c(C(=O)NCc3ccc(F)cc3F)cn21. The van der Waals surface area contributed by atoms with Gasteiger partial charge in [0.1, 0.15) is 36.3 Å². The number of carbonyl (C=O) groups excluding carboxylic acids is 3. The molecule has 0 spiro atoms. The molecule has 0 radical (unpaired) electrons. The van der Waals surface area contributed by atoms with Crippen molar-refractivity contribution in [1.29, 1.82) is 0 Å². The third kappa shape index (κ3) is 5.22. The number of benzene rings is 2. The minimum absolute atomic E-state index is 0.0643. The summed E-state index contributed by atoms with van der Waals surface area (Å²) in [4.78, 5) is 52.9. The summed E-state index contributed by atoms with van der Waals surface area (Å²) in [5, 5.41) is 14.0. The van der Waals surface area contributed by atoms with E-state index in [-0.39, 0.29) is 18.8 Å². The second-order valence-electron chi connectivity index (χ2n) is 8.33. The molecule has 0 unspecified atom stereocenters. The third-order valence-corrected chi connectivity index (χ3v) is 5.76. The highest BCUT2D eigenvalue weighted by molar-refractivity contribution is 6.01. The Morgan fingerprint density at radius 3 is 2.39 bits per heavy atom. The van der Waals surface area contributed by atoms with Gasteiger partial charge in [-0.3, -0.25) is 19.2 Å². The number of hydrogen-bond acceptors (Lipinski definition) is 6. The van der Waals surface area contributed by atoms with E-state index in [4.69, 9.17) is 4.74 Å². The molecule has 2 heterocycles. The van der Waals surface area contributed by atoms with Crippen LogP contribution in [0.2, 0.25) is 0 Å². The molecule has 2 aromatic carbocycles. The maximum Gasteiger partial charge on any atom is 0.278 e. The molecule has 0 aliphatic carbocycles. The summed E-state index contributed by atoms with van der Waals surface area (Å²) in [6.45, 7) is -1.29. The van der Waals surface area contributed by atoms with Crippen LogP contribution in [0.25, 0.3) is 0 Å². The molecule has 4 rings (SSSR count). The molecule has 38 heavy (non-hydrogen) atoms. The summed E-state index contributed by atoms with van der Waals surface area (Å²) in [6.07, 6.45) is 0.911. The molecule has 0 atom stereocenters. The van der Waals surface area contributed by atoms with Crippen molar-refractivity contribution >= 4 is 17.7 Å². The summed E-state index contributed by atoms with van der Waals surface area (Å²) in [5.74, 6) is -5.84. The summed E-state index contributed by atoms with van der Waals surface area (Å²) >= 11 is 0. The first-order valence-electron chi connectivity index (χ1n) is 11.1. The standard InChI is InChI=1S/C25H21F3N4O6/c1-38-12-20(33)32-13-30(10-14-2-5-16(26)6-3-14)25(37)21-23(35)22(34)18(11-31(21)32)24(36)29-9-15-4-7-17(27)8-19(15)28/h2-8,11,35H,9-10,12-13H2,1H3,(H,29,36). The van der Waals surface area contributed by atoms with Crippen LogP contribution in [0.1, 0.15) is 32.0 Å². The maximum absolute atomic E-state index is 13.9. The van der Waals surface area contributed by atoms with Crippen molar-refractivity contribution < 1.29 is 37.4 Å². The average molecular weight is 530 g/mol. The number of hydrogen-bond donors (Lipinski definition) is 2. The Morgan fingerprint density at radius 2 is 1.74 bits per heavy atom. The quantitative estimate of drug-likeness (QED) is 0.479. The fraction of sp³-hybridized carbons (Fsp3) is 0.200. The molecule has 10 nitrogen and oxygen atoms in total. The Morgan fingerprint density at radius 1 is 1.05 bits per heavy atom. The number of nitrogens with one attached hydrogen (secondary N) is 1. The molecule has 13 heteroatoms. The number of amides is 3. The van der Waals surface area contributed by atoms with Gasteiger partial charge in [-0.05, 0) is 23.8 Å². The Kier molecular flexibility index (Phi) is 7.48. The smallest absolute Gasteiger partial charge is 0.278 e. The van der Waals surface area contributed by atoms with Crippen LogP contribution in [-0.2, 0) is 22.6 Å². The second-order valence-corrected chi connectivity index (χ2v) is 8.33. The summed E-state index contributed by atoms with van der Waals surface area (Å²) < 4.78 is 46.1. The van der Waals surface area contributed by atoms with Gasteiger partial charge in [-0.2, -0.15) is 0 Å². The lowest BCUT2D eigenvalue weighted by Crippen LogP contribution is -2.57. The normalized spacial score (nSPS) is 12.9. The summed E-state index contributed by atoms with van der Waals surface area (Å²) in [5.41, 5.74) is -1.97. The van der Waals surface area contributed by atoms with Crippen molar-refractivity contribution in [2.45, 2.75) is 13.1 Å².